The van der Waals surface area contributed by atoms with Gasteiger partial charge in [0, 0.05) is 11.5 Å². The summed E-state index contributed by atoms with van der Waals surface area (Å²) in [7, 11) is 1.36. The molecule has 21 heavy (non-hydrogen) atoms. The summed E-state index contributed by atoms with van der Waals surface area (Å²) in [6, 6.07) is 14.8. The van der Waals surface area contributed by atoms with Gasteiger partial charge in [-0.05, 0) is 36.1 Å². The Labute approximate surface area is 123 Å². The summed E-state index contributed by atoms with van der Waals surface area (Å²) in [4.78, 5) is 23.8. The van der Waals surface area contributed by atoms with Gasteiger partial charge in [0.1, 0.15) is 0 Å². The quantitative estimate of drug-likeness (QED) is 0.633. The second-order valence-corrected chi connectivity index (χ2v) is 5.25. The number of ether oxygens (including phenoxy) is 1. The van der Waals surface area contributed by atoms with Crippen molar-refractivity contribution in [3.63, 3.8) is 0 Å². The third-order valence-corrected chi connectivity index (χ3v) is 3.76. The van der Waals surface area contributed by atoms with Crippen molar-refractivity contribution in [2.75, 3.05) is 7.11 Å². The van der Waals surface area contributed by atoms with E-state index in [-0.39, 0.29) is 17.7 Å². The monoisotopic (exact) mass is 280 g/mol. The number of Topliss-reactive ketones (excluding diaryl/α,β-unsaturated/α-hetero) is 1. The van der Waals surface area contributed by atoms with E-state index in [9.17, 15) is 9.59 Å². The van der Waals surface area contributed by atoms with Crippen LogP contribution < -0.4 is 0 Å². The third kappa shape index (κ3) is 2.72. The summed E-state index contributed by atoms with van der Waals surface area (Å²) in [6.07, 6.45) is 1.99. The van der Waals surface area contributed by atoms with Crippen LogP contribution in [0.1, 0.15) is 33.6 Å². The molecule has 1 saturated carbocycles. The molecule has 106 valence electrons. The van der Waals surface area contributed by atoms with Crippen molar-refractivity contribution in [1.29, 1.82) is 0 Å². The fourth-order valence-electron chi connectivity index (χ4n) is 2.42. The van der Waals surface area contributed by atoms with Crippen molar-refractivity contribution >= 4 is 11.8 Å². The van der Waals surface area contributed by atoms with Crippen molar-refractivity contribution in [3.05, 3.63) is 59.7 Å². The Bertz CT molecular complexity index is 682. The van der Waals surface area contributed by atoms with Crippen LogP contribution in [0.2, 0.25) is 0 Å². The Morgan fingerprint density at radius 1 is 1.00 bits per heavy atom. The van der Waals surface area contributed by atoms with Crippen LogP contribution in [0.4, 0.5) is 0 Å². The van der Waals surface area contributed by atoms with Gasteiger partial charge < -0.3 is 4.74 Å². The normalized spacial score (nSPS) is 13.8. The van der Waals surface area contributed by atoms with Gasteiger partial charge in [-0.1, -0.05) is 36.4 Å². The number of ketones is 1. The maximum absolute atomic E-state index is 12.3. The van der Waals surface area contributed by atoms with E-state index in [1.807, 2.05) is 36.4 Å². The first kappa shape index (κ1) is 13.6. The Balaban J connectivity index is 1.96. The smallest absolute Gasteiger partial charge is 0.337 e. The number of hydrogen-bond acceptors (Lipinski definition) is 3. The molecule has 2 aromatic carbocycles. The molecule has 1 aliphatic rings. The van der Waals surface area contributed by atoms with Gasteiger partial charge in [-0.2, -0.15) is 0 Å². The Morgan fingerprint density at radius 3 is 2.29 bits per heavy atom. The summed E-state index contributed by atoms with van der Waals surface area (Å²) < 4.78 is 4.69. The highest BCUT2D eigenvalue weighted by Gasteiger charge is 2.31. The summed E-state index contributed by atoms with van der Waals surface area (Å²) >= 11 is 0. The van der Waals surface area contributed by atoms with Crippen LogP contribution in [0, 0.1) is 5.92 Å². The van der Waals surface area contributed by atoms with E-state index >= 15 is 0 Å². The van der Waals surface area contributed by atoms with Crippen LogP contribution in [-0.4, -0.2) is 18.9 Å². The zero-order valence-corrected chi connectivity index (χ0v) is 11.8. The first-order valence-corrected chi connectivity index (χ1v) is 7.02. The standard InChI is InChI=1S/C18H16O3/c1-21-18(20)14-10-6-12(7-11-14)15-4-2-3-5-16(15)17(19)13-8-9-13/h2-7,10-11,13H,8-9H2,1H3. The molecule has 3 rings (SSSR count). The zero-order valence-electron chi connectivity index (χ0n) is 11.8. The SMILES string of the molecule is COC(=O)c1ccc(-c2ccccc2C(=O)C2CC2)cc1. The molecule has 3 nitrogen and oxygen atoms in total. The molecule has 0 unspecified atom stereocenters. The highest BCUT2D eigenvalue weighted by molar-refractivity contribution is 6.05. The lowest BCUT2D eigenvalue weighted by atomic mass is 9.95. The maximum Gasteiger partial charge on any atom is 0.337 e. The largest absolute Gasteiger partial charge is 0.465 e. The van der Waals surface area contributed by atoms with Crippen LogP contribution in [0.25, 0.3) is 11.1 Å². The summed E-state index contributed by atoms with van der Waals surface area (Å²) in [5, 5.41) is 0. The van der Waals surface area contributed by atoms with Crippen molar-refractivity contribution < 1.29 is 14.3 Å². The first-order valence-electron chi connectivity index (χ1n) is 7.02. The van der Waals surface area contributed by atoms with Crippen molar-refractivity contribution in [2.24, 2.45) is 5.92 Å². The number of carbonyl (C=O) groups is 2. The van der Waals surface area contributed by atoms with Crippen LogP contribution >= 0.6 is 0 Å². The molecule has 0 aromatic heterocycles. The third-order valence-electron chi connectivity index (χ3n) is 3.76. The lowest BCUT2D eigenvalue weighted by molar-refractivity contribution is 0.0600. The van der Waals surface area contributed by atoms with E-state index in [2.05, 4.69) is 0 Å². The van der Waals surface area contributed by atoms with E-state index in [0.717, 1.165) is 29.5 Å². The van der Waals surface area contributed by atoms with E-state index in [4.69, 9.17) is 4.74 Å². The predicted molar refractivity (Wildman–Crippen MR) is 80.3 cm³/mol. The summed E-state index contributed by atoms with van der Waals surface area (Å²) in [6.45, 7) is 0. The molecule has 0 aliphatic heterocycles. The minimum atomic E-state index is -0.358. The molecule has 2 aromatic rings. The van der Waals surface area contributed by atoms with Gasteiger partial charge in [0.2, 0.25) is 0 Å². The fraction of sp³-hybridized carbons (Fsp3) is 0.222. The maximum atomic E-state index is 12.3. The van der Waals surface area contributed by atoms with Gasteiger partial charge in [0.25, 0.3) is 0 Å². The number of benzene rings is 2. The van der Waals surface area contributed by atoms with E-state index in [0.29, 0.717) is 5.56 Å². The number of rotatable bonds is 4. The molecular weight excluding hydrogens is 264 g/mol. The molecule has 0 spiro atoms. The van der Waals surface area contributed by atoms with Gasteiger partial charge in [-0.3, -0.25) is 4.79 Å². The Morgan fingerprint density at radius 2 is 1.67 bits per heavy atom. The fourth-order valence-corrected chi connectivity index (χ4v) is 2.42. The topological polar surface area (TPSA) is 43.4 Å². The molecule has 1 aliphatic carbocycles. The average Bonchev–Trinajstić information content (AvgIpc) is 3.38. The number of carbonyl (C=O) groups excluding carboxylic acids is 2. The highest BCUT2D eigenvalue weighted by Crippen LogP contribution is 2.35. The summed E-state index contributed by atoms with van der Waals surface area (Å²) in [5.41, 5.74) is 3.14. The lowest BCUT2D eigenvalue weighted by Crippen LogP contribution is -2.04. The van der Waals surface area contributed by atoms with Crippen LogP contribution in [0.15, 0.2) is 48.5 Å². The van der Waals surface area contributed by atoms with Gasteiger partial charge >= 0.3 is 5.97 Å². The van der Waals surface area contributed by atoms with Crippen molar-refractivity contribution in [1.82, 2.24) is 0 Å². The van der Waals surface area contributed by atoms with Crippen molar-refractivity contribution in [2.45, 2.75) is 12.8 Å². The average molecular weight is 280 g/mol. The lowest BCUT2D eigenvalue weighted by Gasteiger charge is -2.09. The molecule has 0 bridgehead atoms. The molecule has 1 fully saturated rings. The molecule has 3 heteroatoms. The summed E-state index contributed by atoms with van der Waals surface area (Å²) in [5.74, 6) is 0.0621. The predicted octanol–water partition coefficient (Wildman–Crippen LogP) is 3.73. The highest BCUT2D eigenvalue weighted by atomic mass is 16.5. The van der Waals surface area contributed by atoms with E-state index in [1.54, 1.807) is 12.1 Å². The van der Waals surface area contributed by atoms with Gasteiger partial charge in [-0.15, -0.1) is 0 Å². The second kappa shape index (κ2) is 5.52. The molecule has 0 radical (unpaired) electrons. The second-order valence-electron chi connectivity index (χ2n) is 5.25. The number of esters is 1. The van der Waals surface area contributed by atoms with Crippen LogP contribution in [-0.2, 0) is 4.74 Å². The van der Waals surface area contributed by atoms with Crippen LogP contribution in [0.5, 0.6) is 0 Å². The van der Waals surface area contributed by atoms with Gasteiger partial charge in [0.15, 0.2) is 5.78 Å². The minimum Gasteiger partial charge on any atom is -0.465 e. The van der Waals surface area contributed by atoms with Gasteiger partial charge in [0.05, 0.1) is 12.7 Å². The number of methoxy groups -OCH3 is 1. The first-order chi connectivity index (χ1) is 10.2. The molecule has 0 saturated heterocycles. The van der Waals surface area contributed by atoms with E-state index < -0.39 is 0 Å². The molecule has 0 amide bonds. The zero-order chi connectivity index (χ0) is 14.8. The van der Waals surface area contributed by atoms with Crippen LogP contribution in [0.3, 0.4) is 0 Å². The Kier molecular flexibility index (Phi) is 3.57. The molecule has 0 heterocycles. The number of hydrogen-bond donors (Lipinski definition) is 0. The van der Waals surface area contributed by atoms with E-state index in [1.165, 1.54) is 7.11 Å². The minimum absolute atomic E-state index is 0.195. The Hall–Kier alpha value is -2.42. The molecule has 0 atom stereocenters. The van der Waals surface area contributed by atoms with Gasteiger partial charge in [-0.25, -0.2) is 4.79 Å². The molecule has 0 N–H and O–H groups in total. The van der Waals surface area contributed by atoms with Crippen molar-refractivity contribution in [3.8, 4) is 11.1 Å². The molecular formula is C18H16O3.